The first-order valence-corrected chi connectivity index (χ1v) is 11.9. The van der Waals surface area contributed by atoms with Gasteiger partial charge in [-0.1, -0.05) is 25.4 Å². The van der Waals surface area contributed by atoms with Crippen molar-refractivity contribution in [2.75, 3.05) is 37.4 Å². The van der Waals surface area contributed by atoms with Gasteiger partial charge in [0.15, 0.2) is 6.10 Å². The van der Waals surface area contributed by atoms with E-state index in [1.165, 1.54) is 29.4 Å². The van der Waals surface area contributed by atoms with Gasteiger partial charge in [-0.25, -0.2) is 13.2 Å². The number of rotatable bonds is 9. The van der Waals surface area contributed by atoms with Crippen LogP contribution >= 0.6 is 11.6 Å². The predicted octanol–water partition coefficient (Wildman–Crippen LogP) is 3.62. The Labute approximate surface area is 194 Å². The molecule has 174 valence electrons. The number of carbonyl (C=O) groups is 2. The van der Waals surface area contributed by atoms with Gasteiger partial charge in [0.1, 0.15) is 4.90 Å². The van der Waals surface area contributed by atoms with Crippen LogP contribution in [-0.4, -0.2) is 57.9 Å². The lowest BCUT2D eigenvalue weighted by Gasteiger charge is -2.20. The van der Waals surface area contributed by atoms with Gasteiger partial charge in [0.25, 0.3) is 5.91 Å². The van der Waals surface area contributed by atoms with Crippen molar-refractivity contribution in [2.45, 2.75) is 31.8 Å². The monoisotopic (exact) mass is 481 g/mol. The molecule has 0 fully saturated rings. The molecule has 32 heavy (non-hydrogen) atoms. The lowest BCUT2D eigenvalue weighted by molar-refractivity contribution is -0.123. The Kier molecular flexibility index (Phi) is 8.65. The van der Waals surface area contributed by atoms with Crippen LogP contribution < -0.4 is 10.2 Å². The van der Waals surface area contributed by atoms with Gasteiger partial charge >= 0.3 is 5.97 Å². The highest BCUT2D eigenvalue weighted by Gasteiger charge is 2.27. The van der Waals surface area contributed by atoms with Crippen molar-refractivity contribution >= 4 is 44.9 Å². The first kappa shape index (κ1) is 25.6. The number of halogens is 1. The highest BCUT2D eigenvalue weighted by molar-refractivity contribution is 7.89. The minimum atomic E-state index is -3.87. The number of sulfonamides is 1. The Bertz CT molecular complexity index is 1070. The van der Waals surface area contributed by atoms with Gasteiger partial charge < -0.3 is 15.0 Å². The van der Waals surface area contributed by atoms with Crippen molar-refractivity contribution in [3.8, 4) is 0 Å². The van der Waals surface area contributed by atoms with Crippen molar-refractivity contribution in [3.63, 3.8) is 0 Å². The van der Waals surface area contributed by atoms with Crippen molar-refractivity contribution in [1.29, 1.82) is 0 Å². The smallest absolute Gasteiger partial charge is 0.338 e. The highest BCUT2D eigenvalue weighted by Crippen LogP contribution is 2.26. The molecular formula is C22H28ClN3O5S. The zero-order valence-electron chi connectivity index (χ0n) is 18.8. The van der Waals surface area contributed by atoms with E-state index in [0.29, 0.717) is 5.69 Å². The molecule has 0 aliphatic heterocycles. The summed E-state index contributed by atoms with van der Waals surface area (Å²) < 4.78 is 32.1. The minimum absolute atomic E-state index is 0.000382. The Balaban J connectivity index is 2.13. The maximum Gasteiger partial charge on any atom is 0.338 e. The molecule has 0 spiro atoms. The molecule has 2 aromatic rings. The number of nitrogens with one attached hydrogen (secondary N) is 1. The highest BCUT2D eigenvalue weighted by atomic mass is 35.5. The molecular weight excluding hydrogens is 454 g/mol. The third-order valence-corrected chi connectivity index (χ3v) is 7.33. The molecule has 0 aliphatic carbocycles. The van der Waals surface area contributed by atoms with E-state index >= 15 is 0 Å². The summed E-state index contributed by atoms with van der Waals surface area (Å²) in [5.41, 5.74) is 1.51. The van der Waals surface area contributed by atoms with E-state index in [1.54, 1.807) is 26.0 Å². The number of anilines is 2. The fourth-order valence-electron chi connectivity index (χ4n) is 2.90. The standard InChI is InChI=1S/C22H28ClN3O5S/c1-6-26(7-2)32(29,30)20-14-16(8-13-19(20)23)22(28)31-15(3)21(27)24-17-9-11-18(12-10-17)25(4)5/h8-15H,6-7H2,1-5H3,(H,24,27)/t15-/m1/s1. The van der Waals surface area contributed by atoms with E-state index in [2.05, 4.69) is 5.32 Å². The number of carbonyl (C=O) groups excluding carboxylic acids is 2. The summed E-state index contributed by atoms with van der Waals surface area (Å²) in [4.78, 5) is 26.7. The van der Waals surface area contributed by atoms with Gasteiger partial charge in [-0.2, -0.15) is 4.31 Å². The van der Waals surface area contributed by atoms with Gasteiger partial charge in [-0.05, 0) is 49.4 Å². The van der Waals surface area contributed by atoms with E-state index in [4.69, 9.17) is 16.3 Å². The van der Waals surface area contributed by atoms with Crippen LogP contribution in [0.2, 0.25) is 5.02 Å². The number of esters is 1. The first-order chi connectivity index (χ1) is 15.0. The van der Waals surface area contributed by atoms with Crippen LogP contribution in [0.4, 0.5) is 11.4 Å². The Hall–Kier alpha value is -2.62. The Morgan fingerprint density at radius 2 is 1.66 bits per heavy atom. The minimum Gasteiger partial charge on any atom is -0.449 e. The van der Waals surface area contributed by atoms with Crippen LogP contribution in [-0.2, 0) is 19.6 Å². The predicted molar refractivity (Wildman–Crippen MR) is 126 cm³/mol. The number of nitrogens with zero attached hydrogens (tertiary/aromatic N) is 2. The fraction of sp³-hybridized carbons (Fsp3) is 0.364. The van der Waals surface area contributed by atoms with Gasteiger partial charge in [-0.15, -0.1) is 0 Å². The number of benzene rings is 2. The molecule has 8 nitrogen and oxygen atoms in total. The second kappa shape index (κ2) is 10.8. The lowest BCUT2D eigenvalue weighted by Crippen LogP contribution is -2.31. The van der Waals surface area contributed by atoms with Crippen LogP contribution in [0.25, 0.3) is 0 Å². The van der Waals surface area contributed by atoms with Crippen molar-refractivity contribution in [3.05, 3.63) is 53.1 Å². The van der Waals surface area contributed by atoms with Crippen molar-refractivity contribution in [2.24, 2.45) is 0 Å². The molecule has 0 aromatic heterocycles. The summed E-state index contributed by atoms with van der Waals surface area (Å²) in [7, 11) is -0.0576. The Morgan fingerprint density at radius 3 is 2.19 bits per heavy atom. The summed E-state index contributed by atoms with van der Waals surface area (Å²) in [5.74, 6) is -1.34. The maximum atomic E-state index is 12.8. The molecule has 0 bridgehead atoms. The molecule has 0 radical (unpaired) electrons. The van der Waals surface area contributed by atoms with E-state index in [0.717, 1.165) is 5.69 Å². The van der Waals surface area contributed by atoms with Crippen LogP contribution in [0.3, 0.4) is 0 Å². The number of hydrogen-bond donors (Lipinski definition) is 1. The van der Waals surface area contributed by atoms with Crippen molar-refractivity contribution < 1.29 is 22.7 Å². The largest absolute Gasteiger partial charge is 0.449 e. The van der Waals surface area contributed by atoms with E-state index in [1.807, 2.05) is 31.1 Å². The van der Waals surface area contributed by atoms with Gasteiger partial charge in [-0.3, -0.25) is 4.79 Å². The van der Waals surface area contributed by atoms with Crippen LogP contribution in [0.1, 0.15) is 31.1 Å². The quantitative estimate of drug-likeness (QED) is 0.549. The van der Waals surface area contributed by atoms with Crippen LogP contribution in [0.5, 0.6) is 0 Å². The van der Waals surface area contributed by atoms with Crippen LogP contribution in [0.15, 0.2) is 47.4 Å². The Morgan fingerprint density at radius 1 is 1.06 bits per heavy atom. The number of hydrogen-bond acceptors (Lipinski definition) is 6. The average molecular weight is 482 g/mol. The molecule has 1 atom stereocenters. The summed E-state index contributed by atoms with van der Waals surface area (Å²) in [5, 5.41) is 2.68. The SMILES string of the molecule is CCN(CC)S(=O)(=O)c1cc(C(=O)O[C@H](C)C(=O)Nc2ccc(N(C)C)cc2)ccc1Cl. The molecule has 0 aliphatic rings. The summed E-state index contributed by atoms with van der Waals surface area (Å²) in [6, 6.07) is 11.0. The molecule has 0 saturated heterocycles. The zero-order chi connectivity index (χ0) is 24.1. The molecule has 2 aromatic carbocycles. The molecule has 2 rings (SSSR count). The van der Waals surface area contributed by atoms with E-state index in [-0.39, 0.29) is 28.6 Å². The zero-order valence-corrected chi connectivity index (χ0v) is 20.3. The maximum absolute atomic E-state index is 12.8. The normalized spacial score (nSPS) is 12.3. The molecule has 0 saturated carbocycles. The lowest BCUT2D eigenvalue weighted by atomic mass is 10.2. The summed E-state index contributed by atoms with van der Waals surface area (Å²) in [6.07, 6.45) is -1.10. The summed E-state index contributed by atoms with van der Waals surface area (Å²) in [6.45, 7) is 5.38. The first-order valence-electron chi connectivity index (χ1n) is 10.1. The summed E-state index contributed by atoms with van der Waals surface area (Å²) >= 11 is 6.10. The third kappa shape index (κ3) is 5.99. The van der Waals surface area contributed by atoms with Gasteiger partial charge in [0.2, 0.25) is 10.0 Å². The van der Waals surface area contributed by atoms with Gasteiger partial charge in [0, 0.05) is 38.6 Å². The number of ether oxygens (including phenoxy) is 1. The molecule has 10 heteroatoms. The second-order valence-electron chi connectivity index (χ2n) is 7.21. The average Bonchev–Trinajstić information content (AvgIpc) is 2.74. The number of amides is 1. The van der Waals surface area contributed by atoms with Gasteiger partial charge in [0.05, 0.1) is 10.6 Å². The van der Waals surface area contributed by atoms with E-state index in [9.17, 15) is 18.0 Å². The molecule has 1 amide bonds. The van der Waals surface area contributed by atoms with E-state index < -0.39 is 28.0 Å². The van der Waals surface area contributed by atoms with Crippen LogP contribution in [0, 0.1) is 0 Å². The molecule has 1 N–H and O–H groups in total. The topological polar surface area (TPSA) is 96.0 Å². The molecule has 0 heterocycles. The molecule has 0 unspecified atom stereocenters. The second-order valence-corrected chi connectivity index (χ2v) is 9.53. The van der Waals surface area contributed by atoms with Crippen molar-refractivity contribution in [1.82, 2.24) is 4.31 Å². The fourth-order valence-corrected chi connectivity index (χ4v) is 4.86. The third-order valence-electron chi connectivity index (χ3n) is 4.79.